The van der Waals surface area contributed by atoms with E-state index in [0.717, 1.165) is 19.6 Å². The van der Waals surface area contributed by atoms with Gasteiger partial charge in [0.2, 0.25) is 0 Å². The number of rotatable bonds is 6. The Hall–Kier alpha value is -3.16. The van der Waals surface area contributed by atoms with Crippen molar-refractivity contribution in [1.82, 2.24) is 4.90 Å². The fraction of sp³-hybridized carbons (Fsp3) is 0.240. The lowest BCUT2D eigenvalue weighted by Crippen LogP contribution is -3.13. The Morgan fingerprint density at radius 3 is 2.03 bits per heavy atom. The Kier molecular flexibility index (Phi) is 6.58. The third-order valence-corrected chi connectivity index (χ3v) is 7.73. The van der Waals surface area contributed by atoms with Gasteiger partial charge in [-0.1, -0.05) is 48.5 Å². The maximum atomic E-state index is 12.9. The zero-order valence-electron chi connectivity index (χ0n) is 18.1. The number of carbonyl (C=O) groups is 1. The van der Waals surface area contributed by atoms with Gasteiger partial charge in [0.05, 0.1) is 36.8 Å². The minimum atomic E-state index is -3.64. The van der Waals surface area contributed by atoms with Gasteiger partial charge in [-0.2, -0.15) is 0 Å². The molecule has 1 aliphatic heterocycles. The SMILES string of the molecule is CN(c1ccc(C(=O)N2CC[NH+](Cc3ccccc3)CC2)cc1)S(=O)(=O)c1ccccc1. The first-order valence-electron chi connectivity index (χ1n) is 10.8. The van der Waals surface area contributed by atoms with Crippen LogP contribution in [0.15, 0.2) is 89.8 Å². The van der Waals surface area contributed by atoms with Crippen LogP contribution in [-0.2, 0) is 16.6 Å². The van der Waals surface area contributed by atoms with Crippen LogP contribution in [-0.4, -0.2) is 52.5 Å². The predicted octanol–water partition coefficient (Wildman–Crippen LogP) is 2.05. The van der Waals surface area contributed by atoms with Crippen molar-refractivity contribution in [2.45, 2.75) is 11.4 Å². The predicted molar refractivity (Wildman–Crippen MR) is 125 cm³/mol. The molecule has 1 heterocycles. The highest BCUT2D eigenvalue weighted by atomic mass is 32.2. The van der Waals surface area contributed by atoms with Crippen molar-refractivity contribution < 1.29 is 18.1 Å². The molecule has 0 spiro atoms. The number of quaternary nitrogens is 1. The second-order valence-electron chi connectivity index (χ2n) is 8.04. The first kappa shape index (κ1) is 22.0. The second kappa shape index (κ2) is 9.54. The lowest BCUT2D eigenvalue weighted by Gasteiger charge is -2.32. The molecule has 0 saturated carbocycles. The molecule has 0 unspecified atom stereocenters. The van der Waals surface area contributed by atoms with E-state index < -0.39 is 10.0 Å². The Morgan fingerprint density at radius 1 is 0.875 bits per heavy atom. The number of amides is 1. The van der Waals surface area contributed by atoms with Crippen molar-refractivity contribution in [2.24, 2.45) is 0 Å². The van der Waals surface area contributed by atoms with Crippen LogP contribution in [0.2, 0.25) is 0 Å². The highest BCUT2D eigenvalue weighted by molar-refractivity contribution is 7.92. The summed E-state index contributed by atoms with van der Waals surface area (Å²) in [7, 11) is -2.12. The van der Waals surface area contributed by atoms with E-state index >= 15 is 0 Å². The van der Waals surface area contributed by atoms with E-state index in [1.807, 2.05) is 11.0 Å². The quantitative estimate of drug-likeness (QED) is 0.625. The number of sulfonamides is 1. The first-order valence-corrected chi connectivity index (χ1v) is 12.2. The van der Waals surface area contributed by atoms with Gasteiger partial charge in [-0.3, -0.25) is 9.10 Å². The molecular weight excluding hydrogens is 422 g/mol. The lowest BCUT2D eigenvalue weighted by atomic mass is 10.1. The maximum absolute atomic E-state index is 12.9. The van der Waals surface area contributed by atoms with E-state index in [0.29, 0.717) is 24.3 Å². The maximum Gasteiger partial charge on any atom is 0.264 e. The number of anilines is 1. The lowest BCUT2D eigenvalue weighted by molar-refractivity contribution is -0.917. The summed E-state index contributed by atoms with van der Waals surface area (Å²) in [6, 6.07) is 25.5. The summed E-state index contributed by atoms with van der Waals surface area (Å²) >= 11 is 0. The van der Waals surface area contributed by atoms with Gasteiger partial charge in [0.1, 0.15) is 6.54 Å². The van der Waals surface area contributed by atoms with Crippen LogP contribution in [0.3, 0.4) is 0 Å². The number of hydrogen-bond donors (Lipinski definition) is 1. The average Bonchev–Trinajstić information content (AvgIpc) is 2.85. The summed E-state index contributed by atoms with van der Waals surface area (Å²) in [5, 5.41) is 0. The number of carbonyl (C=O) groups excluding carboxylic acids is 1. The molecular formula is C25H28N3O3S+. The summed E-state index contributed by atoms with van der Waals surface area (Å²) in [6.45, 7) is 4.23. The monoisotopic (exact) mass is 450 g/mol. The van der Waals surface area contributed by atoms with Gasteiger partial charge in [0.25, 0.3) is 15.9 Å². The number of piperazine rings is 1. The Balaban J connectivity index is 1.37. The minimum Gasteiger partial charge on any atom is -0.328 e. The molecule has 1 fully saturated rings. The Bertz CT molecular complexity index is 1140. The smallest absolute Gasteiger partial charge is 0.264 e. The van der Waals surface area contributed by atoms with Crippen LogP contribution in [0.5, 0.6) is 0 Å². The molecule has 0 aromatic heterocycles. The fourth-order valence-corrected chi connectivity index (χ4v) is 5.19. The average molecular weight is 451 g/mol. The van der Waals surface area contributed by atoms with Crippen molar-refractivity contribution in [2.75, 3.05) is 37.5 Å². The molecule has 166 valence electrons. The van der Waals surface area contributed by atoms with Gasteiger partial charge < -0.3 is 9.80 Å². The topological polar surface area (TPSA) is 62.1 Å². The van der Waals surface area contributed by atoms with Gasteiger partial charge >= 0.3 is 0 Å². The number of hydrogen-bond acceptors (Lipinski definition) is 3. The normalized spacial score (nSPS) is 14.8. The van der Waals surface area contributed by atoms with Crippen molar-refractivity contribution >= 4 is 21.6 Å². The molecule has 0 aliphatic carbocycles. The number of benzene rings is 3. The van der Waals surface area contributed by atoms with Crippen molar-refractivity contribution in [1.29, 1.82) is 0 Å². The van der Waals surface area contributed by atoms with Gasteiger partial charge in [-0.15, -0.1) is 0 Å². The van der Waals surface area contributed by atoms with Gasteiger partial charge in [-0.25, -0.2) is 8.42 Å². The Labute approximate surface area is 189 Å². The largest absolute Gasteiger partial charge is 0.328 e. The summed E-state index contributed by atoms with van der Waals surface area (Å²) in [4.78, 5) is 16.5. The summed E-state index contributed by atoms with van der Waals surface area (Å²) in [6.07, 6.45) is 0. The van der Waals surface area contributed by atoms with Crippen LogP contribution < -0.4 is 9.21 Å². The molecule has 0 radical (unpaired) electrons. The van der Waals surface area contributed by atoms with Gasteiger partial charge in [-0.05, 0) is 36.4 Å². The standard InChI is InChI=1S/C25H27N3O3S/c1-26(32(30,31)24-10-6-3-7-11-24)23-14-12-22(13-15-23)25(29)28-18-16-27(17-19-28)20-21-8-4-2-5-9-21/h2-15H,16-20H2,1H3/p+1. The van der Waals surface area contributed by atoms with Crippen LogP contribution in [0.1, 0.15) is 15.9 Å². The molecule has 4 rings (SSSR count). The molecule has 1 aliphatic rings. The third-order valence-electron chi connectivity index (χ3n) is 5.93. The van der Waals surface area contributed by atoms with E-state index in [4.69, 9.17) is 0 Å². The molecule has 6 nitrogen and oxygen atoms in total. The molecule has 0 atom stereocenters. The summed E-state index contributed by atoms with van der Waals surface area (Å²) in [5.74, 6) is -0.0103. The molecule has 32 heavy (non-hydrogen) atoms. The zero-order valence-corrected chi connectivity index (χ0v) is 19.0. The number of nitrogens with one attached hydrogen (secondary N) is 1. The summed E-state index contributed by atoms with van der Waals surface area (Å²) < 4.78 is 26.9. The molecule has 3 aromatic rings. The molecule has 1 amide bonds. The molecule has 0 bridgehead atoms. The second-order valence-corrected chi connectivity index (χ2v) is 10.0. The van der Waals surface area contributed by atoms with Crippen LogP contribution in [0.4, 0.5) is 5.69 Å². The van der Waals surface area contributed by atoms with E-state index in [2.05, 4.69) is 24.3 Å². The Morgan fingerprint density at radius 2 is 1.44 bits per heavy atom. The van der Waals surface area contributed by atoms with E-state index in [9.17, 15) is 13.2 Å². The zero-order chi connectivity index (χ0) is 22.6. The number of nitrogens with zero attached hydrogens (tertiary/aromatic N) is 2. The van der Waals surface area contributed by atoms with Crippen molar-refractivity contribution in [3.8, 4) is 0 Å². The minimum absolute atomic E-state index is 0.0103. The van der Waals surface area contributed by atoms with E-state index in [1.165, 1.54) is 21.8 Å². The van der Waals surface area contributed by atoms with Crippen LogP contribution in [0, 0.1) is 0 Å². The highest BCUT2D eigenvalue weighted by Gasteiger charge is 2.25. The van der Waals surface area contributed by atoms with Gasteiger partial charge in [0, 0.05) is 18.2 Å². The first-order chi connectivity index (χ1) is 15.4. The van der Waals surface area contributed by atoms with E-state index in [-0.39, 0.29) is 10.8 Å². The molecule has 1 saturated heterocycles. The molecule has 3 aromatic carbocycles. The summed E-state index contributed by atoms with van der Waals surface area (Å²) in [5.41, 5.74) is 2.40. The van der Waals surface area contributed by atoms with E-state index in [1.54, 1.807) is 54.6 Å². The molecule has 7 heteroatoms. The third kappa shape index (κ3) is 4.84. The van der Waals surface area contributed by atoms with Crippen molar-refractivity contribution in [3.63, 3.8) is 0 Å². The fourth-order valence-electron chi connectivity index (χ4n) is 3.97. The van der Waals surface area contributed by atoms with Crippen LogP contribution >= 0.6 is 0 Å². The van der Waals surface area contributed by atoms with Gasteiger partial charge in [0.15, 0.2) is 0 Å². The van der Waals surface area contributed by atoms with Crippen LogP contribution in [0.25, 0.3) is 0 Å². The molecule has 1 N–H and O–H groups in total. The van der Waals surface area contributed by atoms with Crippen molar-refractivity contribution in [3.05, 3.63) is 96.1 Å². The highest BCUT2D eigenvalue weighted by Crippen LogP contribution is 2.22.